The highest BCUT2D eigenvalue weighted by Gasteiger charge is 2.43. The maximum atomic E-state index is 11.7. The number of rotatable bonds is 5. The molecular weight excluding hydrogens is 264 g/mol. The monoisotopic (exact) mass is 286 g/mol. The predicted molar refractivity (Wildman–Crippen MR) is 71.2 cm³/mol. The molecule has 0 aromatic carbocycles. The summed E-state index contributed by atoms with van der Waals surface area (Å²) in [6.45, 7) is 3.60. The number of urea groups is 1. The highest BCUT2D eigenvalue weighted by Crippen LogP contribution is 2.32. The number of carboxylic acids is 1. The summed E-state index contributed by atoms with van der Waals surface area (Å²) < 4.78 is 4.67. The second-order valence-electron chi connectivity index (χ2n) is 5.20. The maximum absolute atomic E-state index is 11.7. The van der Waals surface area contributed by atoms with Gasteiger partial charge in [0.2, 0.25) is 0 Å². The number of nitrogens with one attached hydrogen (secondary N) is 2. The van der Waals surface area contributed by atoms with E-state index in [0.29, 0.717) is 12.8 Å². The zero-order chi connectivity index (χ0) is 15.2. The van der Waals surface area contributed by atoms with Gasteiger partial charge in [-0.1, -0.05) is 19.8 Å². The molecule has 0 radical (unpaired) electrons. The molecule has 0 saturated heterocycles. The van der Waals surface area contributed by atoms with Gasteiger partial charge in [-0.25, -0.2) is 9.59 Å². The van der Waals surface area contributed by atoms with Crippen LogP contribution >= 0.6 is 0 Å². The van der Waals surface area contributed by atoms with Crippen LogP contribution in [-0.4, -0.2) is 41.8 Å². The van der Waals surface area contributed by atoms with E-state index in [0.717, 1.165) is 12.8 Å². The molecule has 1 aliphatic carbocycles. The average Bonchev–Trinajstić information content (AvgIpc) is 2.36. The van der Waals surface area contributed by atoms with Crippen molar-refractivity contribution in [2.24, 2.45) is 5.92 Å². The van der Waals surface area contributed by atoms with E-state index >= 15 is 0 Å². The van der Waals surface area contributed by atoms with Crippen LogP contribution in [0.5, 0.6) is 0 Å². The number of carboxylic acid groups (broad SMARTS) is 1. The summed E-state index contributed by atoms with van der Waals surface area (Å²) >= 11 is 0. The molecule has 7 nitrogen and oxygen atoms in total. The lowest BCUT2D eigenvalue weighted by Crippen LogP contribution is -2.59. The molecule has 114 valence electrons. The first-order valence-electron chi connectivity index (χ1n) is 6.84. The zero-order valence-electron chi connectivity index (χ0n) is 11.9. The van der Waals surface area contributed by atoms with Crippen LogP contribution in [0.2, 0.25) is 0 Å². The SMILES string of the molecule is CCOC(=O)CNC(=O)NC1(C(=O)O)CCCC(C)C1. The van der Waals surface area contributed by atoms with E-state index in [1.807, 2.05) is 6.92 Å². The lowest BCUT2D eigenvalue weighted by molar-refractivity contribution is -0.146. The van der Waals surface area contributed by atoms with E-state index in [9.17, 15) is 19.5 Å². The van der Waals surface area contributed by atoms with Gasteiger partial charge in [-0.15, -0.1) is 0 Å². The van der Waals surface area contributed by atoms with E-state index in [-0.39, 0.29) is 19.1 Å². The van der Waals surface area contributed by atoms with Gasteiger partial charge in [-0.2, -0.15) is 0 Å². The standard InChI is InChI=1S/C13H22N2O5/c1-3-20-10(16)8-14-12(19)15-13(11(17)18)6-4-5-9(2)7-13/h9H,3-8H2,1-2H3,(H,17,18)(H2,14,15,19). The van der Waals surface area contributed by atoms with Crippen LogP contribution in [0.4, 0.5) is 4.79 Å². The van der Waals surface area contributed by atoms with Gasteiger partial charge < -0.3 is 20.5 Å². The molecule has 7 heteroatoms. The molecule has 0 spiro atoms. The largest absolute Gasteiger partial charge is 0.480 e. The lowest BCUT2D eigenvalue weighted by Gasteiger charge is -2.36. The Bertz CT molecular complexity index is 385. The van der Waals surface area contributed by atoms with Crippen molar-refractivity contribution >= 4 is 18.0 Å². The van der Waals surface area contributed by atoms with Crippen LogP contribution < -0.4 is 10.6 Å². The van der Waals surface area contributed by atoms with Crippen LogP contribution in [0.3, 0.4) is 0 Å². The fraction of sp³-hybridized carbons (Fsp3) is 0.769. The average molecular weight is 286 g/mol. The van der Waals surface area contributed by atoms with Crippen LogP contribution in [0.15, 0.2) is 0 Å². The Morgan fingerprint density at radius 3 is 2.65 bits per heavy atom. The highest BCUT2D eigenvalue weighted by atomic mass is 16.5. The first-order valence-corrected chi connectivity index (χ1v) is 6.84. The topological polar surface area (TPSA) is 105 Å². The van der Waals surface area contributed by atoms with Crippen molar-refractivity contribution in [3.8, 4) is 0 Å². The van der Waals surface area contributed by atoms with Crippen molar-refractivity contribution in [1.29, 1.82) is 0 Å². The molecule has 20 heavy (non-hydrogen) atoms. The van der Waals surface area contributed by atoms with Gasteiger partial charge in [0.1, 0.15) is 12.1 Å². The fourth-order valence-electron chi connectivity index (χ4n) is 2.54. The summed E-state index contributed by atoms with van der Waals surface area (Å²) in [6.07, 6.45) is 2.52. The van der Waals surface area contributed by atoms with Crippen molar-refractivity contribution in [2.75, 3.05) is 13.2 Å². The number of aliphatic carboxylic acids is 1. The number of amides is 2. The first-order chi connectivity index (χ1) is 9.39. The number of carbonyl (C=O) groups is 3. The molecule has 3 N–H and O–H groups in total. The Hall–Kier alpha value is -1.79. The van der Waals surface area contributed by atoms with Gasteiger partial charge in [0.25, 0.3) is 0 Å². The summed E-state index contributed by atoms with van der Waals surface area (Å²) in [5.41, 5.74) is -1.24. The van der Waals surface area contributed by atoms with Gasteiger partial charge in [0, 0.05) is 0 Å². The van der Waals surface area contributed by atoms with E-state index < -0.39 is 23.5 Å². The minimum absolute atomic E-state index is 0.235. The number of ether oxygens (including phenoxy) is 1. The van der Waals surface area contributed by atoms with Gasteiger partial charge in [0.05, 0.1) is 6.61 Å². The summed E-state index contributed by atoms with van der Waals surface area (Å²) in [7, 11) is 0. The van der Waals surface area contributed by atoms with Gasteiger partial charge in [-0.05, 0) is 25.7 Å². The molecule has 0 aliphatic heterocycles. The Morgan fingerprint density at radius 2 is 2.10 bits per heavy atom. The summed E-state index contributed by atoms with van der Waals surface area (Å²) in [6, 6.07) is -0.658. The van der Waals surface area contributed by atoms with E-state index in [1.165, 1.54) is 0 Å². The number of carbonyl (C=O) groups excluding carboxylic acids is 2. The number of esters is 1. The number of hydrogen-bond acceptors (Lipinski definition) is 4. The maximum Gasteiger partial charge on any atom is 0.329 e. The second-order valence-corrected chi connectivity index (χ2v) is 5.20. The molecule has 0 aromatic heterocycles. The van der Waals surface area contributed by atoms with E-state index in [2.05, 4.69) is 15.4 Å². The van der Waals surface area contributed by atoms with Crippen molar-refractivity contribution in [2.45, 2.75) is 45.1 Å². The third-order valence-electron chi connectivity index (χ3n) is 3.46. The molecule has 1 aliphatic rings. The molecule has 0 bridgehead atoms. The lowest BCUT2D eigenvalue weighted by atomic mass is 9.76. The fourth-order valence-corrected chi connectivity index (χ4v) is 2.54. The molecule has 1 fully saturated rings. The Kier molecular flexibility index (Phi) is 5.79. The zero-order valence-corrected chi connectivity index (χ0v) is 11.9. The van der Waals surface area contributed by atoms with Crippen molar-refractivity contribution in [3.63, 3.8) is 0 Å². The van der Waals surface area contributed by atoms with Crippen molar-refractivity contribution in [1.82, 2.24) is 10.6 Å². The summed E-state index contributed by atoms with van der Waals surface area (Å²) in [5.74, 6) is -1.34. The molecule has 2 unspecified atom stereocenters. The number of hydrogen-bond donors (Lipinski definition) is 3. The third-order valence-corrected chi connectivity index (χ3v) is 3.46. The molecule has 0 heterocycles. The molecular formula is C13H22N2O5. The molecule has 2 atom stereocenters. The third kappa shape index (κ3) is 4.40. The quantitative estimate of drug-likeness (QED) is 0.651. The Labute approximate surface area is 118 Å². The van der Waals surface area contributed by atoms with Crippen LogP contribution in [0.25, 0.3) is 0 Å². The molecule has 1 rings (SSSR count). The molecule has 1 saturated carbocycles. The van der Waals surface area contributed by atoms with Gasteiger partial charge in [-0.3, -0.25) is 4.79 Å². The summed E-state index contributed by atoms with van der Waals surface area (Å²) in [4.78, 5) is 34.3. The predicted octanol–water partition coefficient (Wildman–Crippen LogP) is 0.882. The summed E-state index contributed by atoms with van der Waals surface area (Å²) in [5, 5.41) is 14.2. The molecule has 2 amide bonds. The van der Waals surface area contributed by atoms with Crippen LogP contribution in [0, 0.1) is 5.92 Å². The normalized spacial score (nSPS) is 25.6. The first kappa shape index (κ1) is 16.3. The minimum Gasteiger partial charge on any atom is -0.480 e. The smallest absolute Gasteiger partial charge is 0.329 e. The second kappa shape index (κ2) is 7.12. The van der Waals surface area contributed by atoms with Crippen LogP contribution in [-0.2, 0) is 14.3 Å². The van der Waals surface area contributed by atoms with E-state index in [1.54, 1.807) is 6.92 Å². The van der Waals surface area contributed by atoms with Gasteiger partial charge in [0.15, 0.2) is 0 Å². The highest BCUT2D eigenvalue weighted by molar-refractivity contribution is 5.87. The Morgan fingerprint density at radius 1 is 1.40 bits per heavy atom. The van der Waals surface area contributed by atoms with Crippen LogP contribution in [0.1, 0.15) is 39.5 Å². The minimum atomic E-state index is -1.24. The molecule has 0 aromatic rings. The van der Waals surface area contributed by atoms with Crippen molar-refractivity contribution < 1.29 is 24.2 Å². The van der Waals surface area contributed by atoms with Gasteiger partial charge >= 0.3 is 18.0 Å². The van der Waals surface area contributed by atoms with E-state index in [4.69, 9.17) is 0 Å². The van der Waals surface area contributed by atoms with Crippen molar-refractivity contribution in [3.05, 3.63) is 0 Å². The Balaban J connectivity index is 2.55.